The third-order valence-electron chi connectivity index (χ3n) is 11.1. The van der Waals surface area contributed by atoms with Gasteiger partial charge in [0.25, 0.3) is 0 Å². The molecule has 0 radical (unpaired) electrons. The van der Waals surface area contributed by atoms with E-state index in [4.69, 9.17) is 0 Å². The molecule has 1 aliphatic carbocycles. The summed E-state index contributed by atoms with van der Waals surface area (Å²) in [5.74, 6) is 0. The Morgan fingerprint density at radius 3 is 1.89 bits per heavy atom. The van der Waals surface area contributed by atoms with E-state index in [0.29, 0.717) is 11.1 Å². The maximum Gasteiger partial charge on any atom is 0.101 e. The number of hydrogen-bond donors (Lipinski definition) is 0. The molecule has 3 heterocycles. The van der Waals surface area contributed by atoms with Crippen LogP contribution in [0.2, 0.25) is 0 Å². The monoisotopic (exact) mass is 675 g/mol. The van der Waals surface area contributed by atoms with Crippen molar-refractivity contribution in [3.05, 3.63) is 168 Å². The van der Waals surface area contributed by atoms with E-state index in [2.05, 4.69) is 153 Å². The highest BCUT2D eigenvalue weighted by Gasteiger charge is 2.25. The number of rotatable bonds is 3. The summed E-state index contributed by atoms with van der Waals surface area (Å²) >= 11 is 0. The molecule has 5 nitrogen and oxygen atoms in total. The second kappa shape index (κ2) is 11.1. The van der Waals surface area contributed by atoms with Crippen molar-refractivity contribution in [1.82, 2.24) is 13.7 Å². The van der Waals surface area contributed by atoms with Crippen LogP contribution in [-0.2, 0) is 6.42 Å². The van der Waals surface area contributed by atoms with Crippen LogP contribution in [0.3, 0.4) is 0 Å². The van der Waals surface area contributed by atoms with Crippen LogP contribution in [-0.4, -0.2) is 13.7 Å². The van der Waals surface area contributed by atoms with E-state index in [1.807, 2.05) is 18.2 Å². The number of allylic oxidation sites excluding steroid dienone is 1. The molecule has 7 aromatic carbocycles. The van der Waals surface area contributed by atoms with Gasteiger partial charge >= 0.3 is 0 Å². The fourth-order valence-electron chi connectivity index (χ4n) is 8.98. The smallest absolute Gasteiger partial charge is 0.101 e. The molecule has 1 aliphatic rings. The van der Waals surface area contributed by atoms with Gasteiger partial charge in [0.2, 0.25) is 0 Å². The van der Waals surface area contributed by atoms with Gasteiger partial charge in [0, 0.05) is 43.9 Å². The quantitative estimate of drug-likeness (QED) is 0.187. The molecular formula is C48H29N5. The minimum absolute atomic E-state index is 0.437. The summed E-state index contributed by atoms with van der Waals surface area (Å²) in [5.41, 5.74) is 11.4. The van der Waals surface area contributed by atoms with E-state index in [-0.39, 0.29) is 0 Å². The maximum absolute atomic E-state index is 10.8. The van der Waals surface area contributed by atoms with Gasteiger partial charge < -0.3 is 13.7 Å². The summed E-state index contributed by atoms with van der Waals surface area (Å²) in [6.07, 6.45) is 6.54. The van der Waals surface area contributed by atoms with Gasteiger partial charge in [-0.05, 0) is 78.2 Å². The van der Waals surface area contributed by atoms with Gasteiger partial charge in [0.15, 0.2) is 0 Å². The predicted octanol–water partition coefficient (Wildman–Crippen LogP) is 11.7. The highest BCUT2D eigenvalue weighted by molar-refractivity contribution is 6.22. The fraction of sp³-hybridized carbons (Fsp3) is 0.0417. The first-order chi connectivity index (χ1) is 26.2. The lowest BCUT2D eigenvalue weighted by molar-refractivity contribution is 0.889. The van der Waals surface area contributed by atoms with Crippen molar-refractivity contribution in [3.63, 3.8) is 0 Å². The van der Waals surface area contributed by atoms with Gasteiger partial charge in [-0.1, -0.05) is 97.1 Å². The van der Waals surface area contributed by atoms with Crippen LogP contribution in [0.15, 0.2) is 146 Å². The van der Waals surface area contributed by atoms with Gasteiger partial charge in [0.05, 0.1) is 56.2 Å². The predicted molar refractivity (Wildman–Crippen MR) is 216 cm³/mol. The first-order valence-electron chi connectivity index (χ1n) is 18.0. The molecular weight excluding hydrogens is 647 g/mol. The van der Waals surface area contributed by atoms with Crippen LogP contribution in [0.5, 0.6) is 0 Å². The van der Waals surface area contributed by atoms with Crippen molar-refractivity contribution in [3.8, 4) is 29.2 Å². The zero-order valence-corrected chi connectivity index (χ0v) is 28.6. The lowest BCUT2D eigenvalue weighted by atomic mass is 10.0. The Morgan fingerprint density at radius 1 is 0.509 bits per heavy atom. The molecule has 3 aromatic heterocycles. The number of hydrogen-bond acceptors (Lipinski definition) is 2. The average molecular weight is 676 g/mol. The normalized spacial score (nSPS) is 12.6. The Balaban J connectivity index is 1.30. The van der Waals surface area contributed by atoms with Gasteiger partial charge in [-0.25, -0.2) is 0 Å². The molecule has 0 saturated heterocycles. The third kappa shape index (κ3) is 4.05. The van der Waals surface area contributed by atoms with E-state index in [9.17, 15) is 10.5 Å². The van der Waals surface area contributed by atoms with Crippen molar-refractivity contribution in [2.75, 3.05) is 0 Å². The van der Waals surface area contributed by atoms with Crippen molar-refractivity contribution in [2.24, 2.45) is 0 Å². The molecule has 10 aromatic rings. The van der Waals surface area contributed by atoms with Crippen LogP contribution >= 0.6 is 0 Å². The Labute approximate surface area is 304 Å². The van der Waals surface area contributed by atoms with E-state index in [0.717, 1.165) is 84.3 Å². The van der Waals surface area contributed by atoms with Gasteiger partial charge in [-0.3, -0.25) is 0 Å². The molecule has 0 N–H and O–H groups in total. The SMILES string of the molecule is N#Cc1cc(C#N)c(-n2c3ccccc3c3ccccc32)c(-n2c3ccc(-n4c5c(c6ccccc64)C=CCC5)cc3c3c4ccccc4ccc32)c1. The van der Waals surface area contributed by atoms with Crippen LogP contribution in [0.25, 0.3) is 88.4 Å². The maximum atomic E-state index is 10.8. The molecule has 11 rings (SSSR count). The average Bonchev–Trinajstić information content (AvgIpc) is 3.86. The first kappa shape index (κ1) is 29.4. The number of nitrogens with zero attached hydrogens (tertiary/aromatic N) is 5. The van der Waals surface area contributed by atoms with E-state index < -0.39 is 0 Å². The number of fused-ring (bicyclic) bond motifs is 11. The van der Waals surface area contributed by atoms with Crippen molar-refractivity contribution in [2.45, 2.75) is 12.8 Å². The van der Waals surface area contributed by atoms with E-state index >= 15 is 0 Å². The molecule has 53 heavy (non-hydrogen) atoms. The molecule has 0 unspecified atom stereocenters. The highest BCUT2D eigenvalue weighted by atomic mass is 15.1. The Bertz CT molecular complexity index is 3260. The number of nitriles is 2. The minimum Gasteiger partial charge on any atom is -0.313 e. The number of aromatic nitrogens is 3. The lowest BCUT2D eigenvalue weighted by Crippen LogP contribution is -2.07. The summed E-state index contributed by atoms with van der Waals surface area (Å²) < 4.78 is 6.92. The summed E-state index contributed by atoms with van der Waals surface area (Å²) in [6, 6.07) is 53.6. The van der Waals surface area contributed by atoms with Gasteiger partial charge in [-0.2, -0.15) is 10.5 Å². The molecule has 0 saturated carbocycles. The second-order valence-corrected chi connectivity index (χ2v) is 13.9. The van der Waals surface area contributed by atoms with E-state index in [1.54, 1.807) is 6.07 Å². The summed E-state index contributed by atoms with van der Waals surface area (Å²) in [7, 11) is 0. The van der Waals surface area contributed by atoms with Crippen LogP contribution in [0.1, 0.15) is 28.8 Å². The minimum atomic E-state index is 0.437. The van der Waals surface area contributed by atoms with Crippen LogP contribution < -0.4 is 0 Å². The van der Waals surface area contributed by atoms with E-state index in [1.165, 1.54) is 22.2 Å². The van der Waals surface area contributed by atoms with Crippen molar-refractivity contribution in [1.29, 1.82) is 10.5 Å². The first-order valence-corrected chi connectivity index (χ1v) is 18.0. The zero-order valence-electron chi connectivity index (χ0n) is 28.6. The van der Waals surface area contributed by atoms with Gasteiger partial charge in [0.1, 0.15) is 6.07 Å². The molecule has 0 fully saturated rings. The summed E-state index contributed by atoms with van der Waals surface area (Å²) in [5, 5.41) is 29.2. The van der Waals surface area contributed by atoms with Crippen molar-refractivity contribution >= 4 is 71.4 Å². The summed E-state index contributed by atoms with van der Waals surface area (Å²) in [4.78, 5) is 0. The largest absolute Gasteiger partial charge is 0.313 e. The summed E-state index contributed by atoms with van der Waals surface area (Å²) in [6.45, 7) is 0. The molecule has 0 spiro atoms. The Hall–Kier alpha value is -7.34. The number of para-hydroxylation sites is 3. The molecule has 0 bridgehead atoms. The standard InChI is InChI=1S/C48H29N5/c49-28-30-25-32(29-50)48(53-42-19-9-5-15-37(42)38-16-6-10-20-43(38)53)46(26-30)52-44-24-22-33(27-39(44)47-34-12-2-1-11-31(34)21-23-45(47)52)51-40-17-7-3-13-35(40)36-14-4-8-18-41(36)51/h1-7,9-17,19-27H,8,18H2. The second-order valence-electron chi connectivity index (χ2n) is 13.9. The lowest BCUT2D eigenvalue weighted by Gasteiger charge is -2.19. The fourth-order valence-corrected chi connectivity index (χ4v) is 8.98. The zero-order chi connectivity index (χ0) is 35.2. The van der Waals surface area contributed by atoms with Crippen LogP contribution in [0, 0.1) is 22.7 Å². The highest BCUT2D eigenvalue weighted by Crippen LogP contribution is 2.43. The Morgan fingerprint density at radius 2 is 1.15 bits per heavy atom. The van der Waals surface area contributed by atoms with Gasteiger partial charge in [-0.15, -0.1) is 0 Å². The van der Waals surface area contributed by atoms with Crippen LogP contribution in [0.4, 0.5) is 0 Å². The van der Waals surface area contributed by atoms with Crippen molar-refractivity contribution < 1.29 is 0 Å². The molecule has 0 atom stereocenters. The topological polar surface area (TPSA) is 62.4 Å². The molecule has 5 heteroatoms. The molecule has 0 amide bonds. The molecule has 246 valence electrons. The number of benzene rings is 7. The third-order valence-corrected chi connectivity index (χ3v) is 11.1. The Kier molecular flexibility index (Phi) is 6.14. The molecule has 0 aliphatic heterocycles.